The number of carbonyl (C=O) groups excluding carboxylic acids is 2. The zero-order chi connectivity index (χ0) is 30.1. The van der Waals surface area contributed by atoms with Crippen LogP contribution in [0.4, 0.5) is 36.4 Å². The summed E-state index contributed by atoms with van der Waals surface area (Å²) in [6, 6.07) is 4.25. The number of nitrogens with zero attached hydrogens (tertiary/aromatic N) is 4. The van der Waals surface area contributed by atoms with Gasteiger partial charge in [-0.2, -0.15) is 39.9 Å². The van der Waals surface area contributed by atoms with Crippen LogP contribution < -0.4 is 9.08 Å². The predicted molar refractivity (Wildman–Crippen MR) is 127 cm³/mol. The van der Waals surface area contributed by atoms with Crippen molar-refractivity contribution in [2.75, 3.05) is 24.5 Å². The molecule has 2 fully saturated rings. The first-order valence-electron chi connectivity index (χ1n) is 11.7. The molecule has 1 saturated heterocycles. The third-order valence-electron chi connectivity index (χ3n) is 6.44. The average Bonchev–Trinajstić information content (AvgIpc) is 3.66. The van der Waals surface area contributed by atoms with Crippen LogP contribution in [-0.2, 0) is 21.1 Å². The van der Waals surface area contributed by atoms with E-state index in [-0.39, 0.29) is 29.5 Å². The largest absolute Gasteiger partial charge is 0.534 e. The maximum absolute atomic E-state index is 14.6. The van der Waals surface area contributed by atoms with E-state index in [2.05, 4.69) is 9.28 Å². The minimum atomic E-state index is -6.06. The Morgan fingerprint density at radius 3 is 2.29 bits per heavy atom. The molecule has 0 N–H and O–H groups in total. The van der Waals surface area contributed by atoms with E-state index in [9.17, 15) is 48.7 Å². The minimum absolute atomic E-state index is 0.0630. The standard InChI is InChI=1S/C23H16ClF7N4O5S/c24-19-16-7-12(11-1-2-11)8-17(22(26,27)28)35(16)32-20(19)21(37)33-5-6-34(18(36)10-33)15-4-3-13(9-14(15)25)40-41(38,39)23(29,30)31/h3-4,7-9,11H,1-2,5-6,10H2. The van der Waals surface area contributed by atoms with Crippen molar-refractivity contribution < 1.29 is 52.9 Å². The Balaban J connectivity index is 1.36. The zero-order valence-corrected chi connectivity index (χ0v) is 21.8. The van der Waals surface area contributed by atoms with Crippen LogP contribution >= 0.6 is 11.6 Å². The molecule has 41 heavy (non-hydrogen) atoms. The third kappa shape index (κ3) is 5.39. The molecule has 1 aliphatic heterocycles. The molecule has 2 amide bonds. The molecule has 1 saturated carbocycles. The van der Waals surface area contributed by atoms with E-state index in [1.165, 1.54) is 6.07 Å². The summed E-state index contributed by atoms with van der Waals surface area (Å²) >= 11 is 6.29. The quantitative estimate of drug-likeness (QED) is 0.230. The van der Waals surface area contributed by atoms with Gasteiger partial charge in [0, 0.05) is 19.2 Å². The molecule has 2 aliphatic rings. The number of hydrogen-bond acceptors (Lipinski definition) is 6. The fourth-order valence-electron chi connectivity index (χ4n) is 4.31. The zero-order valence-electron chi connectivity index (χ0n) is 20.3. The Labute approximate surface area is 231 Å². The van der Waals surface area contributed by atoms with Gasteiger partial charge in [0.1, 0.15) is 18.0 Å². The number of aromatic nitrogens is 2. The highest BCUT2D eigenvalue weighted by Crippen LogP contribution is 2.43. The normalized spacial score (nSPS) is 16.9. The Kier molecular flexibility index (Phi) is 6.88. The van der Waals surface area contributed by atoms with Crippen LogP contribution in [-0.4, -0.2) is 59.9 Å². The van der Waals surface area contributed by atoms with E-state index in [0.29, 0.717) is 35.1 Å². The summed E-state index contributed by atoms with van der Waals surface area (Å²) in [5, 5.41) is 3.45. The molecular formula is C23H16ClF7N4O5S. The van der Waals surface area contributed by atoms with E-state index in [4.69, 9.17) is 11.6 Å². The Morgan fingerprint density at radius 1 is 1.05 bits per heavy atom. The maximum atomic E-state index is 14.6. The molecule has 2 aromatic heterocycles. The van der Waals surface area contributed by atoms with E-state index < -0.39 is 68.8 Å². The van der Waals surface area contributed by atoms with Crippen LogP contribution in [0.5, 0.6) is 5.75 Å². The molecule has 0 atom stereocenters. The lowest BCUT2D eigenvalue weighted by Crippen LogP contribution is -2.52. The van der Waals surface area contributed by atoms with Gasteiger partial charge in [-0.05, 0) is 48.6 Å². The van der Waals surface area contributed by atoms with Crippen LogP contribution in [0, 0.1) is 5.82 Å². The van der Waals surface area contributed by atoms with E-state index >= 15 is 0 Å². The van der Waals surface area contributed by atoms with Gasteiger partial charge in [-0.3, -0.25) is 9.59 Å². The lowest BCUT2D eigenvalue weighted by atomic mass is 10.1. The van der Waals surface area contributed by atoms with Gasteiger partial charge in [0.2, 0.25) is 5.91 Å². The summed E-state index contributed by atoms with van der Waals surface area (Å²) < 4.78 is 120. The number of anilines is 1. The smallest absolute Gasteiger partial charge is 0.376 e. The van der Waals surface area contributed by atoms with Crippen LogP contribution in [0.1, 0.15) is 40.5 Å². The molecule has 1 aliphatic carbocycles. The topological polar surface area (TPSA) is 101 Å². The highest BCUT2D eigenvalue weighted by molar-refractivity contribution is 7.88. The van der Waals surface area contributed by atoms with Gasteiger partial charge >= 0.3 is 21.8 Å². The minimum Gasteiger partial charge on any atom is -0.376 e. The SMILES string of the molecule is O=C(c1nn2c(C(F)(F)F)cc(C3CC3)cc2c1Cl)N1CCN(c2ccc(OS(=O)(=O)C(F)(F)F)cc2F)C(=O)C1. The number of pyridine rings is 1. The molecule has 18 heteroatoms. The predicted octanol–water partition coefficient (Wildman–Crippen LogP) is 4.74. The molecule has 1 aromatic carbocycles. The lowest BCUT2D eigenvalue weighted by molar-refractivity contribution is -0.142. The molecular weight excluding hydrogens is 613 g/mol. The van der Waals surface area contributed by atoms with Crippen molar-refractivity contribution in [2.24, 2.45) is 0 Å². The van der Waals surface area contributed by atoms with Crippen molar-refractivity contribution in [3.8, 4) is 5.75 Å². The maximum Gasteiger partial charge on any atom is 0.534 e. The average molecular weight is 629 g/mol. The Hall–Kier alpha value is -3.60. The highest BCUT2D eigenvalue weighted by Gasteiger charge is 2.48. The van der Waals surface area contributed by atoms with E-state index in [1.54, 1.807) is 0 Å². The second-order valence-corrected chi connectivity index (χ2v) is 11.2. The monoisotopic (exact) mass is 628 g/mol. The fraction of sp³-hybridized carbons (Fsp3) is 0.348. The Bertz CT molecular complexity index is 1690. The number of rotatable bonds is 5. The first kappa shape index (κ1) is 28.9. The number of piperazine rings is 1. The van der Waals surface area contributed by atoms with Gasteiger partial charge in [0.05, 0.1) is 16.2 Å². The summed E-state index contributed by atoms with van der Waals surface area (Å²) in [5.74, 6) is -4.15. The second-order valence-electron chi connectivity index (χ2n) is 9.27. The number of hydrogen-bond donors (Lipinski definition) is 0. The first-order valence-corrected chi connectivity index (χ1v) is 13.5. The molecule has 3 heterocycles. The molecule has 0 spiro atoms. The lowest BCUT2D eigenvalue weighted by Gasteiger charge is -2.34. The van der Waals surface area contributed by atoms with Crippen molar-refractivity contribution in [1.82, 2.24) is 14.5 Å². The van der Waals surface area contributed by atoms with Crippen molar-refractivity contribution in [1.29, 1.82) is 0 Å². The van der Waals surface area contributed by atoms with Gasteiger partial charge in [-0.25, -0.2) is 8.91 Å². The molecule has 0 radical (unpaired) electrons. The van der Waals surface area contributed by atoms with Crippen molar-refractivity contribution >= 4 is 44.7 Å². The first-order chi connectivity index (χ1) is 19.0. The number of halogens is 8. The van der Waals surface area contributed by atoms with E-state index in [0.717, 1.165) is 21.9 Å². The van der Waals surface area contributed by atoms with Crippen molar-refractivity contribution in [3.05, 3.63) is 58.1 Å². The molecule has 3 aromatic rings. The van der Waals surface area contributed by atoms with E-state index in [1.807, 2.05) is 0 Å². The van der Waals surface area contributed by atoms with Crippen molar-refractivity contribution in [2.45, 2.75) is 30.4 Å². The van der Waals surface area contributed by atoms with Gasteiger partial charge in [-0.1, -0.05) is 11.6 Å². The summed E-state index contributed by atoms with van der Waals surface area (Å²) in [6.45, 7) is -1.23. The Morgan fingerprint density at radius 2 is 1.73 bits per heavy atom. The van der Waals surface area contributed by atoms with Crippen molar-refractivity contribution in [3.63, 3.8) is 0 Å². The van der Waals surface area contributed by atoms with Gasteiger partial charge in [0.25, 0.3) is 5.91 Å². The number of benzene rings is 1. The number of amides is 2. The summed E-state index contributed by atoms with van der Waals surface area (Å²) in [4.78, 5) is 27.8. The van der Waals surface area contributed by atoms with Crippen LogP contribution in [0.3, 0.4) is 0 Å². The molecule has 5 rings (SSSR count). The molecule has 0 unspecified atom stereocenters. The summed E-state index contributed by atoms with van der Waals surface area (Å²) in [7, 11) is -6.06. The molecule has 9 nitrogen and oxygen atoms in total. The van der Waals surface area contributed by atoms with Crippen LogP contribution in [0.25, 0.3) is 5.52 Å². The van der Waals surface area contributed by atoms with Crippen LogP contribution in [0.2, 0.25) is 5.02 Å². The fourth-order valence-corrected chi connectivity index (χ4v) is 5.02. The number of carbonyl (C=O) groups is 2. The highest BCUT2D eigenvalue weighted by atomic mass is 35.5. The second kappa shape index (κ2) is 9.75. The molecule has 220 valence electrons. The van der Waals surface area contributed by atoms with Gasteiger partial charge in [-0.15, -0.1) is 0 Å². The van der Waals surface area contributed by atoms with Crippen LogP contribution in [0.15, 0.2) is 30.3 Å². The van der Waals surface area contributed by atoms with Gasteiger partial charge in [0.15, 0.2) is 11.5 Å². The van der Waals surface area contributed by atoms with Gasteiger partial charge < -0.3 is 14.0 Å². The summed E-state index contributed by atoms with van der Waals surface area (Å²) in [5.41, 5.74) is -7.56. The third-order valence-corrected chi connectivity index (χ3v) is 7.80. The number of alkyl halides is 6. The molecule has 0 bridgehead atoms. The summed E-state index contributed by atoms with van der Waals surface area (Å²) in [6.07, 6.45) is -3.39. The number of fused-ring (bicyclic) bond motifs is 1.